The molecule has 2 N–H and O–H groups in total. The quantitative estimate of drug-likeness (QED) is 0.545. The van der Waals surface area contributed by atoms with E-state index >= 15 is 0 Å². The largest absolute Gasteiger partial charge is 0.341 e. The Hall–Kier alpha value is -1.88. The molecule has 0 aliphatic carbocycles. The molecule has 150 valence electrons. The summed E-state index contributed by atoms with van der Waals surface area (Å²) in [6.45, 7) is 3.36. The van der Waals surface area contributed by atoms with Crippen LogP contribution in [-0.4, -0.2) is 41.6 Å². The third-order valence-corrected chi connectivity index (χ3v) is 6.81. The van der Waals surface area contributed by atoms with Gasteiger partial charge in [-0.15, -0.1) is 0 Å². The third-order valence-electron chi connectivity index (χ3n) is 4.21. The highest BCUT2D eigenvalue weighted by atomic mass is 32.2. The van der Waals surface area contributed by atoms with E-state index in [4.69, 9.17) is 5.14 Å². The van der Waals surface area contributed by atoms with Gasteiger partial charge in [0, 0.05) is 20.1 Å². The third kappa shape index (κ3) is 4.75. The van der Waals surface area contributed by atoms with Crippen LogP contribution in [0, 0.1) is 0 Å². The molecular formula is C18H22N4O3S3. The molecule has 0 saturated carbocycles. The minimum atomic E-state index is -3.79. The molecule has 7 nitrogen and oxygen atoms in total. The van der Waals surface area contributed by atoms with Gasteiger partial charge >= 0.3 is 0 Å². The molecule has 0 atom stereocenters. The summed E-state index contributed by atoms with van der Waals surface area (Å²) in [6.07, 6.45) is 0.891. The zero-order valence-electron chi connectivity index (χ0n) is 15.7. The molecule has 2 aromatic heterocycles. The number of nitrogens with zero attached hydrogens (tertiary/aromatic N) is 3. The van der Waals surface area contributed by atoms with Crippen LogP contribution in [0.15, 0.2) is 45.1 Å². The second kappa shape index (κ2) is 8.64. The first-order valence-electron chi connectivity index (χ1n) is 8.70. The van der Waals surface area contributed by atoms with Gasteiger partial charge in [0.15, 0.2) is 5.16 Å². The van der Waals surface area contributed by atoms with Crippen LogP contribution in [0.1, 0.15) is 18.9 Å². The van der Waals surface area contributed by atoms with Crippen molar-refractivity contribution in [1.29, 1.82) is 0 Å². The molecule has 0 bridgehead atoms. The van der Waals surface area contributed by atoms with Crippen LogP contribution in [0.25, 0.3) is 11.0 Å². The number of carbonyl (C=O) groups is 1. The second-order valence-electron chi connectivity index (χ2n) is 6.41. The smallest absolute Gasteiger partial charge is 0.238 e. The monoisotopic (exact) mass is 438 g/mol. The Labute approximate surface area is 172 Å². The summed E-state index contributed by atoms with van der Waals surface area (Å²) in [6, 6.07) is 6.68. The van der Waals surface area contributed by atoms with Crippen molar-refractivity contribution in [2.75, 3.05) is 12.8 Å². The molecule has 3 aromatic rings. The van der Waals surface area contributed by atoms with Crippen molar-refractivity contribution in [3.63, 3.8) is 0 Å². The van der Waals surface area contributed by atoms with Gasteiger partial charge in [-0.25, -0.2) is 18.5 Å². The highest BCUT2D eigenvalue weighted by molar-refractivity contribution is 7.99. The van der Waals surface area contributed by atoms with Crippen molar-refractivity contribution in [2.24, 2.45) is 5.14 Å². The van der Waals surface area contributed by atoms with Gasteiger partial charge in [-0.2, -0.15) is 11.3 Å². The number of carbonyl (C=O) groups excluding carboxylic acids is 1. The summed E-state index contributed by atoms with van der Waals surface area (Å²) >= 11 is 2.97. The Morgan fingerprint density at radius 2 is 2.14 bits per heavy atom. The zero-order valence-corrected chi connectivity index (χ0v) is 18.1. The van der Waals surface area contributed by atoms with E-state index in [-0.39, 0.29) is 16.6 Å². The minimum Gasteiger partial charge on any atom is -0.341 e. The van der Waals surface area contributed by atoms with Crippen LogP contribution >= 0.6 is 23.1 Å². The van der Waals surface area contributed by atoms with Crippen LogP contribution in [0.5, 0.6) is 0 Å². The summed E-state index contributed by atoms with van der Waals surface area (Å²) in [4.78, 5) is 18.8. The number of primary sulfonamides is 1. The molecule has 0 saturated heterocycles. The fraction of sp³-hybridized carbons (Fsp3) is 0.333. The highest BCUT2D eigenvalue weighted by Gasteiger charge is 2.17. The van der Waals surface area contributed by atoms with Crippen molar-refractivity contribution in [1.82, 2.24) is 14.5 Å². The molecule has 1 aromatic carbocycles. The van der Waals surface area contributed by atoms with Gasteiger partial charge < -0.3 is 9.47 Å². The standard InChI is InChI=1S/C18H22N4O3S3/c1-3-7-22-16-5-4-14(28(19,24)25)9-15(16)20-18(22)27-12-17(23)21(2)10-13-6-8-26-11-13/h4-6,8-9,11H,3,7,10,12H2,1-2H3,(H2,19,24,25). The lowest BCUT2D eigenvalue weighted by atomic mass is 10.3. The maximum absolute atomic E-state index is 12.5. The molecule has 0 aliphatic heterocycles. The average molecular weight is 439 g/mol. The number of thioether (sulfide) groups is 1. The fourth-order valence-electron chi connectivity index (χ4n) is 2.80. The van der Waals surface area contributed by atoms with E-state index in [2.05, 4.69) is 11.9 Å². The van der Waals surface area contributed by atoms with Gasteiger partial charge in [0.25, 0.3) is 0 Å². The topological polar surface area (TPSA) is 98.3 Å². The molecule has 3 rings (SSSR count). The summed E-state index contributed by atoms with van der Waals surface area (Å²) in [5, 5.41) is 9.94. The number of thiophene rings is 1. The number of imidazole rings is 1. The van der Waals surface area contributed by atoms with Gasteiger partial charge in [0.1, 0.15) is 0 Å². The predicted molar refractivity (Wildman–Crippen MR) is 113 cm³/mol. The van der Waals surface area contributed by atoms with Crippen LogP contribution in [0.2, 0.25) is 0 Å². The van der Waals surface area contributed by atoms with E-state index in [1.807, 2.05) is 21.4 Å². The van der Waals surface area contributed by atoms with E-state index in [1.54, 1.807) is 29.4 Å². The maximum atomic E-state index is 12.5. The van der Waals surface area contributed by atoms with Crippen LogP contribution in [-0.2, 0) is 27.9 Å². The van der Waals surface area contributed by atoms with Gasteiger partial charge in [0.2, 0.25) is 15.9 Å². The van der Waals surface area contributed by atoms with E-state index in [0.29, 0.717) is 17.2 Å². The average Bonchev–Trinajstić information content (AvgIpc) is 3.26. The summed E-state index contributed by atoms with van der Waals surface area (Å²) < 4.78 is 25.2. The van der Waals surface area contributed by atoms with Gasteiger partial charge in [-0.05, 0) is 47.0 Å². The lowest BCUT2D eigenvalue weighted by molar-refractivity contribution is -0.127. The number of sulfonamides is 1. The Bertz CT molecular complexity index is 1080. The van der Waals surface area contributed by atoms with Crippen molar-refractivity contribution < 1.29 is 13.2 Å². The maximum Gasteiger partial charge on any atom is 0.238 e. The molecule has 0 fully saturated rings. The molecule has 2 heterocycles. The molecule has 0 unspecified atom stereocenters. The van der Waals surface area contributed by atoms with Crippen molar-refractivity contribution in [3.05, 3.63) is 40.6 Å². The Morgan fingerprint density at radius 3 is 2.79 bits per heavy atom. The van der Waals surface area contributed by atoms with Crippen LogP contribution < -0.4 is 5.14 Å². The molecule has 0 radical (unpaired) electrons. The predicted octanol–water partition coefficient (Wildman–Crippen LogP) is 2.91. The Morgan fingerprint density at radius 1 is 1.36 bits per heavy atom. The molecule has 0 aliphatic rings. The highest BCUT2D eigenvalue weighted by Crippen LogP contribution is 2.26. The summed E-state index contributed by atoms with van der Waals surface area (Å²) in [7, 11) is -2.00. The molecule has 28 heavy (non-hydrogen) atoms. The van der Waals surface area contributed by atoms with Crippen molar-refractivity contribution in [3.8, 4) is 0 Å². The zero-order chi connectivity index (χ0) is 20.3. The van der Waals surface area contributed by atoms with Gasteiger partial charge in [0.05, 0.1) is 21.7 Å². The number of aromatic nitrogens is 2. The van der Waals surface area contributed by atoms with Crippen molar-refractivity contribution >= 4 is 50.1 Å². The number of aryl methyl sites for hydroxylation is 1. The number of hydrogen-bond donors (Lipinski definition) is 1. The molecular weight excluding hydrogens is 416 g/mol. The lowest BCUT2D eigenvalue weighted by Crippen LogP contribution is -2.27. The number of fused-ring (bicyclic) bond motifs is 1. The Balaban J connectivity index is 1.79. The first kappa shape index (κ1) is 20.8. The van der Waals surface area contributed by atoms with Crippen LogP contribution in [0.3, 0.4) is 0 Å². The van der Waals surface area contributed by atoms with E-state index in [0.717, 1.165) is 24.0 Å². The second-order valence-corrected chi connectivity index (χ2v) is 9.70. The lowest BCUT2D eigenvalue weighted by Gasteiger charge is -2.16. The molecule has 10 heteroatoms. The number of amides is 1. The first-order chi connectivity index (χ1) is 13.3. The number of nitrogens with two attached hydrogens (primary N) is 1. The van der Waals surface area contributed by atoms with Gasteiger partial charge in [-0.3, -0.25) is 4.79 Å². The summed E-state index contributed by atoms with van der Waals surface area (Å²) in [5.74, 6) is 0.270. The minimum absolute atomic E-state index is 0.0107. The van der Waals surface area contributed by atoms with Gasteiger partial charge in [-0.1, -0.05) is 18.7 Å². The van der Waals surface area contributed by atoms with Crippen molar-refractivity contribution in [2.45, 2.75) is 36.5 Å². The number of hydrogen-bond acceptors (Lipinski definition) is 6. The first-order valence-corrected chi connectivity index (χ1v) is 12.2. The number of rotatable bonds is 8. The van der Waals surface area contributed by atoms with Crippen LogP contribution in [0.4, 0.5) is 0 Å². The fourth-order valence-corrected chi connectivity index (χ4v) is 4.97. The Kier molecular flexibility index (Phi) is 6.43. The molecule has 1 amide bonds. The number of benzene rings is 1. The SMILES string of the molecule is CCCn1c(SCC(=O)N(C)Cc2ccsc2)nc2cc(S(N)(=O)=O)ccc21. The summed E-state index contributed by atoms with van der Waals surface area (Å²) in [5.41, 5.74) is 2.50. The van der Waals surface area contributed by atoms with E-state index < -0.39 is 10.0 Å². The van der Waals surface area contributed by atoms with E-state index in [1.165, 1.54) is 23.9 Å². The normalized spacial score (nSPS) is 11.8. The molecule has 0 spiro atoms. The van der Waals surface area contributed by atoms with E-state index in [9.17, 15) is 13.2 Å².